The van der Waals surface area contributed by atoms with Gasteiger partial charge in [-0.05, 0) is 34.7 Å². The van der Waals surface area contributed by atoms with Gasteiger partial charge in [0, 0.05) is 19.1 Å². The molecule has 1 aliphatic heterocycles. The van der Waals surface area contributed by atoms with Crippen LogP contribution in [0.3, 0.4) is 0 Å². The molecule has 112 valence electrons. The number of nitrogens with two attached hydrogens (primary N) is 1. The van der Waals surface area contributed by atoms with E-state index in [0.717, 1.165) is 25.1 Å². The van der Waals surface area contributed by atoms with Gasteiger partial charge >= 0.3 is 0 Å². The van der Waals surface area contributed by atoms with E-state index in [2.05, 4.69) is 32.9 Å². The molecule has 6 nitrogen and oxygen atoms in total. The number of aliphatic hydroxyl groups is 1. The van der Waals surface area contributed by atoms with Crippen molar-refractivity contribution in [3.63, 3.8) is 0 Å². The number of anilines is 1. The van der Waals surface area contributed by atoms with Gasteiger partial charge in [-0.25, -0.2) is 4.68 Å². The predicted octanol–water partition coefficient (Wildman–Crippen LogP) is 0.562. The van der Waals surface area contributed by atoms with E-state index in [9.17, 15) is 4.79 Å². The number of rotatable bonds is 4. The highest BCUT2D eigenvalue weighted by Gasteiger charge is 2.27. The Hall–Kier alpha value is -0.920. The summed E-state index contributed by atoms with van der Waals surface area (Å²) in [7, 11) is 0. The van der Waals surface area contributed by atoms with Crippen LogP contribution >= 0.6 is 15.9 Å². The molecule has 0 saturated carbocycles. The van der Waals surface area contributed by atoms with E-state index in [4.69, 9.17) is 10.8 Å². The maximum absolute atomic E-state index is 12.2. The Morgan fingerprint density at radius 3 is 3.00 bits per heavy atom. The molecule has 0 aromatic carbocycles. The summed E-state index contributed by atoms with van der Waals surface area (Å²) in [5.74, 6) is 0.654. The van der Waals surface area contributed by atoms with Crippen LogP contribution < -0.4 is 16.2 Å². The van der Waals surface area contributed by atoms with E-state index in [1.807, 2.05) is 0 Å². The Balaban J connectivity index is 2.32. The van der Waals surface area contributed by atoms with Crippen LogP contribution in [0.25, 0.3) is 0 Å². The first-order valence-electron chi connectivity index (χ1n) is 6.91. The lowest BCUT2D eigenvalue weighted by molar-refractivity contribution is 0.266. The third-order valence-corrected chi connectivity index (χ3v) is 4.58. The Morgan fingerprint density at radius 1 is 1.60 bits per heavy atom. The van der Waals surface area contributed by atoms with E-state index in [0.29, 0.717) is 16.9 Å². The third kappa shape index (κ3) is 3.05. The normalized spacial score (nSPS) is 23.1. The van der Waals surface area contributed by atoms with Crippen LogP contribution in [0.1, 0.15) is 19.8 Å². The zero-order valence-corrected chi connectivity index (χ0v) is 13.2. The highest BCUT2D eigenvalue weighted by atomic mass is 79.9. The second-order valence-corrected chi connectivity index (χ2v) is 6.10. The first-order chi connectivity index (χ1) is 9.58. The minimum Gasteiger partial charge on any atom is -0.394 e. The average Bonchev–Trinajstić information content (AvgIpc) is 2.45. The van der Waals surface area contributed by atoms with Crippen molar-refractivity contribution in [3.05, 3.63) is 21.0 Å². The topological polar surface area (TPSA) is 84.4 Å². The van der Waals surface area contributed by atoms with Crippen LogP contribution in [0, 0.1) is 5.92 Å². The van der Waals surface area contributed by atoms with Crippen LogP contribution in [0.15, 0.2) is 15.5 Å². The fraction of sp³-hybridized carbons (Fsp3) is 0.692. The number of aromatic nitrogens is 2. The zero-order valence-electron chi connectivity index (χ0n) is 11.6. The summed E-state index contributed by atoms with van der Waals surface area (Å²) in [6.07, 6.45) is 3.80. The molecule has 1 fully saturated rings. The van der Waals surface area contributed by atoms with Crippen LogP contribution in [0.5, 0.6) is 0 Å². The van der Waals surface area contributed by atoms with Gasteiger partial charge in [0.2, 0.25) is 0 Å². The van der Waals surface area contributed by atoms with E-state index >= 15 is 0 Å². The van der Waals surface area contributed by atoms with Crippen LogP contribution in [-0.4, -0.2) is 40.6 Å². The number of aliphatic hydroxyl groups excluding tert-OH is 1. The summed E-state index contributed by atoms with van der Waals surface area (Å²) >= 11 is 3.37. The molecule has 1 saturated heterocycles. The second kappa shape index (κ2) is 6.69. The molecule has 0 spiro atoms. The molecular weight excluding hydrogens is 324 g/mol. The molecule has 1 aromatic heterocycles. The van der Waals surface area contributed by atoms with Crippen molar-refractivity contribution in [2.24, 2.45) is 11.7 Å². The second-order valence-electron chi connectivity index (χ2n) is 5.31. The fourth-order valence-electron chi connectivity index (χ4n) is 2.70. The molecular formula is C13H21BrN4O2. The van der Waals surface area contributed by atoms with Gasteiger partial charge in [-0.1, -0.05) is 6.92 Å². The Bertz CT molecular complexity index is 520. The van der Waals surface area contributed by atoms with Crippen molar-refractivity contribution in [1.29, 1.82) is 0 Å². The molecule has 0 aliphatic carbocycles. The van der Waals surface area contributed by atoms with E-state index in [1.165, 1.54) is 4.68 Å². The molecule has 0 radical (unpaired) electrons. The molecule has 1 aromatic rings. The lowest BCUT2D eigenvalue weighted by atomic mass is 9.92. The van der Waals surface area contributed by atoms with Gasteiger partial charge in [0.1, 0.15) is 4.47 Å². The van der Waals surface area contributed by atoms with Gasteiger partial charge < -0.3 is 15.7 Å². The van der Waals surface area contributed by atoms with Crippen LogP contribution in [0.2, 0.25) is 0 Å². The average molecular weight is 345 g/mol. The maximum atomic E-state index is 12.2. The summed E-state index contributed by atoms with van der Waals surface area (Å²) in [5.41, 5.74) is 6.45. The quantitative estimate of drug-likeness (QED) is 0.833. The summed E-state index contributed by atoms with van der Waals surface area (Å²) < 4.78 is 1.76. The van der Waals surface area contributed by atoms with Crippen LogP contribution in [-0.2, 0) is 6.54 Å². The van der Waals surface area contributed by atoms with Crippen molar-refractivity contribution in [1.82, 2.24) is 9.78 Å². The molecule has 0 bridgehead atoms. The van der Waals surface area contributed by atoms with Crippen molar-refractivity contribution in [2.75, 3.05) is 24.6 Å². The Kier molecular flexibility index (Phi) is 5.17. The van der Waals surface area contributed by atoms with E-state index in [1.54, 1.807) is 6.20 Å². The number of hydrogen-bond acceptors (Lipinski definition) is 5. The minimum absolute atomic E-state index is 0.106. The lowest BCUT2D eigenvalue weighted by Crippen LogP contribution is -2.47. The third-order valence-electron chi connectivity index (χ3n) is 3.84. The van der Waals surface area contributed by atoms with Gasteiger partial charge in [-0.15, -0.1) is 0 Å². The van der Waals surface area contributed by atoms with Gasteiger partial charge in [-0.3, -0.25) is 4.79 Å². The summed E-state index contributed by atoms with van der Waals surface area (Å²) in [5, 5.41) is 13.0. The molecule has 7 heteroatoms. The molecule has 0 amide bonds. The summed E-state index contributed by atoms with van der Waals surface area (Å²) in [6.45, 7) is 3.77. The zero-order chi connectivity index (χ0) is 14.7. The largest absolute Gasteiger partial charge is 0.394 e. The summed E-state index contributed by atoms with van der Waals surface area (Å²) in [4.78, 5) is 14.3. The molecule has 3 N–H and O–H groups in total. The molecule has 1 aliphatic rings. The van der Waals surface area contributed by atoms with E-state index < -0.39 is 0 Å². The smallest absolute Gasteiger partial charge is 0.283 e. The van der Waals surface area contributed by atoms with Crippen molar-refractivity contribution < 1.29 is 5.11 Å². The molecule has 2 rings (SSSR count). The molecule has 2 unspecified atom stereocenters. The van der Waals surface area contributed by atoms with Crippen molar-refractivity contribution in [2.45, 2.75) is 32.4 Å². The SMILES string of the molecule is CC1CCN(c2cnn(CCO)c(=O)c2Br)C(CN)C1. The number of hydrogen-bond donors (Lipinski definition) is 2. The first-order valence-corrected chi connectivity index (χ1v) is 7.71. The number of piperidine rings is 1. The Labute approximate surface area is 126 Å². The van der Waals surface area contributed by atoms with Gasteiger partial charge in [-0.2, -0.15) is 5.10 Å². The van der Waals surface area contributed by atoms with E-state index in [-0.39, 0.29) is 24.8 Å². The Morgan fingerprint density at radius 2 is 2.35 bits per heavy atom. The molecule has 2 heterocycles. The lowest BCUT2D eigenvalue weighted by Gasteiger charge is -2.39. The van der Waals surface area contributed by atoms with Gasteiger partial charge in [0.15, 0.2) is 0 Å². The molecule has 2 atom stereocenters. The highest BCUT2D eigenvalue weighted by Crippen LogP contribution is 2.30. The standard InChI is InChI=1S/C13H21BrN4O2/c1-9-2-3-17(10(6-9)7-15)11-8-16-18(4-5-19)13(20)12(11)14/h8-10,19H,2-7,15H2,1H3. The van der Waals surface area contributed by atoms with Crippen molar-refractivity contribution in [3.8, 4) is 0 Å². The van der Waals surface area contributed by atoms with Gasteiger partial charge in [0.25, 0.3) is 5.56 Å². The molecule has 20 heavy (non-hydrogen) atoms. The summed E-state index contributed by atoms with van der Waals surface area (Å²) in [6, 6.07) is 0.241. The number of halogens is 1. The first kappa shape index (κ1) is 15.5. The predicted molar refractivity (Wildman–Crippen MR) is 81.9 cm³/mol. The van der Waals surface area contributed by atoms with Crippen molar-refractivity contribution >= 4 is 21.6 Å². The number of nitrogens with zero attached hydrogens (tertiary/aromatic N) is 3. The highest BCUT2D eigenvalue weighted by molar-refractivity contribution is 9.10. The van der Waals surface area contributed by atoms with Gasteiger partial charge in [0.05, 0.1) is 25.0 Å². The monoisotopic (exact) mass is 344 g/mol. The fourth-order valence-corrected chi connectivity index (χ4v) is 3.24. The minimum atomic E-state index is -0.217. The van der Waals surface area contributed by atoms with Crippen LogP contribution in [0.4, 0.5) is 5.69 Å². The maximum Gasteiger partial charge on any atom is 0.283 e.